The Hall–Kier alpha value is -1.64. The summed E-state index contributed by atoms with van der Waals surface area (Å²) in [5, 5.41) is 11.1. The molecule has 0 aliphatic carbocycles. The lowest BCUT2D eigenvalue weighted by molar-refractivity contribution is 0.472. The number of hydrogen-bond acceptors (Lipinski definition) is 3. The van der Waals surface area contributed by atoms with Crippen LogP contribution in [0, 0.1) is 0 Å². The van der Waals surface area contributed by atoms with Crippen LogP contribution in [-0.2, 0) is 5.41 Å². The maximum absolute atomic E-state index is 11.1. The van der Waals surface area contributed by atoms with Crippen molar-refractivity contribution < 1.29 is 5.11 Å². The van der Waals surface area contributed by atoms with Gasteiger partial charge in [-0.1, -0.05) is 227 Å². The van der Waals surface area contributed by atoms with Crippen LogP contribution in [0.25, 0.3) is 0 Å². The molecule has 51 heavy (non-hydrogen) atoms. The highest BCUT2D eigenvalue weighted by atomic mass is 16.3. The highest BCUT2D eigenvalue weighted by Crippen LogP contribution is 2.30. The Labute approximate surface area is 319 Å². The molecule has 3 nitrogen and oxygen atoms in total. The first-order valence-corrected chi connectivity index (χ1v) is 22.8. The van der Waals surface area contributed by atoms with E-state index in [1.165, 1.54) is 198 Å². The molecule has 0 aliphatic rings. The molecule has 0 saturated carbocycles. The van der Waals surface area contributed by atoms with Gasteiger partial charge in [0.25, 0.3) is 0 Å². The van der Waals surface area contributed by atoms with Gasteiger partial charge in [0.05, 0.1) is 0 Å². The van der Waals surface area contributed by atoms with Crippen molar-refractivity contribution >= 4 is 12.4 Å². The van der Waals surface area contributed by atoms with Crippen molar-refractivity contribution in [2.24, 2.45) is 9.98 Å². The number of phenolic OH excluding ortho intramolecular Hbond substituents is 1. The number of phenols is 1. The van der Waals surface area contributed by atoms with Gasteiger partial charge in [-0.3, -0.25) is 9.98 Å². The predicted octanol–water partition coefficient (Wildman–Crippen LogP) is 16.1. The molecule has 1 aromatic carbocycles. The van der Waals surface area contributed by atoms with Crippen LogP contribution in [0.3, 0.4) is 0 Å². The van der Waals surface area contributed by atoms with Crippen molar-refractivity contribution in [3.63, 3.8) is 0 Å². The molecule has 0 unspecified atom stereocenters. The second kappa shape index (κ2) is 34.1. The molecule has 0 saturated heterocycles. The zero-order chi connectivity index (χ0) is 37.1. The second-order valence-corrected chi connectivity index (χ2v) is 16.9. The standard InChI is InChI=1S/C48H88N2O/c1-6-8-10-12-14-16-18-20-22-24-26-28-30-32-34-36-38-49-42-44-40-46(48(3,4)5)41-45(47(44)51)43-50-39-37-35-33-31-29-27-25-23-21-19-17-15-13-11-9-7-2/h40-43,51H,6-39H2,1-5H3. The Morgan fingerprint density at radius 2 is 0.647 bits per heavy atom. The third-order valence-electron chi connectivity index (χ3n) is 10.8. The third kappa shape index (κ3) is 28.5. The average Bonchev–Trinajstić information content (AvgIpc) is 3.11. The molecule has 0 heterocycles. The molecule has 0 aliphatic heterocycles. The Morgan fingerprint density at radius 1 is 0.412 bits per heavy atom. The van der Waals surface area contributed by atoms with Gasteiger partial charge in [0.2, 0.25) is 0 Å². The summed E-state index contributed by atoms with van der Waals surface area (Å²) in [4.78, 5) is 9.45. The number of aliphatic imine (C=N–C) groups is 2. The molecule has 1 rings (SSSR count). The SMILES string of the molecule is CCCCCCCCCCCCCCCCCCN=Cc1cc(C(C)(C)C)cc(C=NCCCCCCCCCCCCCCCCCC)c1O. The Kier molecular flexibility index (Phi) is 31.7. The van der Waals surface area contributed by atoms with Crippen molar-refractivity contribution in [3.05, 3.63) is 28.8 Å². The molecule has 1 N–H and O–H groups in total. The fraction of sp³-hybridized carbons (Fsp3) is 0.833. The maximum atomic E-state index is 11.1. The Morgan fingerprint density at radius 3 is 0.882 bits per heavy atom. The highest BCUT2D eigenvalue weighted by molar-refractivity contribution is 5.92. The van der Waals surface area contributed by atoms with Gasteiger partial charge in [-0.05, 0) is 36.0 Å². The van der Waals surface area contributed by atoms with Crippen LogP contribution in [-0.4, -0.2) is 30.6 Å². The van der Waals surface area contributed by atoms with Gasteiger partial charge in [-0.2, -0.15) is 0 Å². The molecule has 0 radical (unpaired) electrons. The summed E-state index contributed by atoms with van der Waals surface area (Å²) in [6, 6.07) is 4.22. The first-order valence-electron chi connectivity index (χ1n) is 22.8. The van der Waals surface area contributed by atoms with Gasteiger partial charge in [0.15, 0.2) is 0 Å². The quantitative estimate of drug-likeness (QED) is 0.0547. The van der Waals surface area contributed by atoms with Gasteiger partial charge >= 0.3 is 0 Å². The van der Waals surface area contributed by atoms with Gasteiger partial charge in [0, 0.05) is 36.6 Å². The van der Waals surface area contributed by atoms with Gasteiger partial charge < -0.3 is 5.11 Å². The van der Waals surface area contributed by atoms with Gasteiger partial charge in [-0.25, -0.2) is 0 Å². The van der Waals surface area contributed by atoms with Crippen LogP contribution < -0.4 is 0 Å². The fourth-order valence-electron chi connectivity index (χ4n) is 7.14. The van der Waals surface area contributed by atoms with E-state index in [1.54, 1.807) is 0 Å². The van der Waals surface area contributed by atoms with Crippen molar-refractivity contribution in [3.8, 4) is 5.75 Å². The summed E-state index contributed by atoms with van der Waals surface area (Å²) >= 11 is 0. The molecule has 0 aromatic heterocycles. The lowest BCUT2D eigenvalue weighted by Crippen LogP contribution is -2.12. The van der Waals surface area contributed by atoms with Crippen LogP contribution in [0.15, 0.2) is 22.1 Å². The Bertz CT molecular complexity index is 891. The molecule has 296 valence electrons. The third-order valence-corrected chi connectivity index (χ3v) is 10.8. The zero-order valence-electron chi connectivity index (χ0n) is 35.2. The summed E-state index contributed by atoms with van der Waals surface area (Å²) < 4.78 is 0. The number of nitrogens with zero attached hydrogens (tertiary/aromatic N) is 2. The van der Waals surface area contributed by atoms with E-state index in [1.807, 2.05) is 12.4 Å². The lowest BCUT2D eigenvalue weighted by Gasteiger charge is -2.21. The zero-order valence-corrected chi connectivity index (χ0v) is 35.2. The first kappa shape index (κ1) is 47.4. The molecule has 0 bridgehead atoms. The van der Waals surface area contributed by atoms with Crippen molar-refractivity contribution in [1.29, 1.82) is 0 Å². The largest absolute Gasteiger partial charge is 0.507 e. The summed E-state index contributed by atoms with van der Waals surface area (Å²) in [5.74, 6) is 0.314. The average molecular weight is 709 g/mol. The summed E-state index contributed by atoms with van der Waals surface area (Å²) in [6.07, 6.45) is 48.0. The summed E-state index contributed by atoms with van der Waals surface area (Å²) in [7, 11) is 0. The molecule has 3 heteroatoms. The molecule has 0 spiro atoms. The normalized spacial score (nSPS) is 12.3. The molecule has 0 fully saturated rings. The van der Waals surface area contributed by atoms with Crippen molar-refractivity contribution in [2.45, 2.75) is 245 Å². The van der Waals surface area contributed by atoms with Crippen molar-refractivity contribution in [1.82, 2.24) is 0 Å². The number of hydrogen-bond donors (Lipinski definition) is 1. The minimum absolute atomic E-state index is 0.000647. The number of rotatable bonds is 36. The van der Waals surface area contributed by atoms with E-state index in [0.29, 0.717) is 5.75 Å². The minimum atomic E-state index is 0.000647. The van der Waals surface area contributed by atoms with Gasteiger partial charge in [-0.15, -0.1) is 0 Å². The van der Waals surface area contributed by atoms with E-state index in [2.05, 4.69) is 46.8 Å². The first-order chi connectivity index (χ1) is 24.9. The van der Waals surface area contributed by atoms with Gasteiger partial charge in [0.1, 0.15) is 5.75 Å². The van der Waals surface area contributed by atoms with E-state index in [-0.39, 0.29) is 5.41 Å². The predicted molar refractivity (Wildman–Crippen MR) is 231 cm³/mol. The number of unbranched alkanes of at least 4 members (excludes halogenated alkanes) is 30. The molecule has 1 aromatic rings. The highest BCUT2D eigenvalue weighted by Gasteiger charge is 2.17. The second-order valence-electron chi connectivity index (χ2n) is 16.9. The monoisotopic (exact) mass is 709 g/mol. The van der Waals surface area contributed by atoms with Crippen LogP contribution in [0.1, 0.15) is 257 Å². The van der Waals surface area contributed by atoms with Crippen LogP contribution in [0.4, 0.5) is 0 Å². The van der Waals surface area contributed by atoms with E-state index in [9.17, 15) is 5.11 Å². The lowest BCUT2D eigenvalue weighted by atomic mass is 9.85. The maximum Gasteiger partial charge on any atom is 0.133 e. The molecule has 0 atom stereocenters. The number of benzene rings is 1. The fourth-order valence-corrected chi connectivity index (χ4v) is 7.14. The van der Waals surface area contributed by atoms with E-state index < -0.39 is 0 Å². The van der Waals surface area contributed by atoms with E-state index in [4.69, 9.17) is 9.98 Å². The molecule has 0 amide bonds. The van der Waals surface area contributed by atoms with E-state index in [0.717, 1.165) is 37.1 Å². The summed E-state index contributed by atoms with van der Waals surface area (Å²) in [6.45, 7) is 12.9. The molecular formula is C48H88N2O. The van der Waals surface area contributed by atoms with Crippen LogP contribution in [0.5, 0.6) is 5.75 Å². The minimum Gasteiger partial charge on any atom is -0.507 e. The van der Waals surface area contributed by atoms with E-state index >= 15 is 0 Å². The number of aromatic hydroxyl groups is 1. The summed E-state index contributed by atoms with van der Waals surface area (Å²) in [5.41, 5.74) is 2.86. The van der Waals surface area contributed by atoms with Crippen LogP contribution >= 0.6 is 0 Å². The smallest absolute Gasteiger partial charge is 0.133 e. The topological polar surface area (TPSA) is 45.0 Å². The van der Waals surface area contributed by atoms with Crippen molar-refractivity contribution in [2.75, 3.05) is 13.1 Å². The molecular weight excluding hydrogens is 621 g/mol. The van der Waals surface area contributed by atoms with Crippen LogP contribution in [0.2, 0.25) is 0 Å². The Balaban J connectivity index is 2.19.